The Bertz CT molecular complexity index is 772. The maximum Gasteiger partial charge on any atom is 0.418 e. The number of halogens is 6. The predicted octanol–water partition coefficient (Wildman–Crippen LogP) is 4.92. The molecule has 2 rings (SSSR count). The summed E-state index contributed by atoms with van der Waals surface area (Å²) in [5.41, 5.74) is -2.28. The van der Waals surface area contributed by atoms with E-state index in [1.54, 1.807) is 0 Å². The smallest absolute Gasteiger partial charge is 0.228 e. The SMILES string of the molecule is CSc1c(C(F)(F)F)csc1C1=C(C(F)(F)F)C(S(C)(=O)=O)CS1. The average molecular weight is 428 g/mol. The van der Waals surface area contributed by atoms with Crippen LogP contribution in [0.15, 0.2) is 15.8 Å². The Morgan fingerprint density at radius 2 is 1.75 bits per heavy atom. The lowest BCUT2D eigenvalue weighted by Crippen LogP contribution is -2.30. The lowest BCUT2D eigenvalue weighted by molar-refractivity contribution is -0.139. The van der Waals surface area contributed by atoms with Gasteiger partial charge in [-0.25, -0.2) is 8.42 Å². The number of rotatable bonds is 3. The van der Waals surface area contributed by atoms with Gasteiger partial charge in [0.15, 0.2) is 9.84 Å². The van der Waals surface area contributed by atoms with Gasteiger partial charge >= 0.3 is 12.4 Å². The summed E-state index contributed by atoms with van der Waals surface area (Å²) in [4.78, 5) is -0.924. The first kappa shape index (κ1) is 20.0. The second kappa shape index (κ2) is 6.44. The molecule has 0 radical (unpaired) electrons. The van der Waals surface area contributed by atoms with Crippen molar-refractivity contribution in [3.8, 4) is 0 Å². The molecule has 2 heterocycles. The first-order chi connectivity index (χ1) is 10.8. The fraction of sp³-hybridized carbons (Fsp3) is 0.500. The Hall–Kier alpha value is -0.330. The second-order valence-electron chi connectivity index (χ2n) is 4.88. The van der Waals surface area contributed by atoms with E-state index in [1.807, 2.05) is 0 Å². The third-order valence-electron chi connectivity index (χ3n) is 3.23. The largest absolute Gasteiger partial charge is 0.418 e. The van der Waals surface area contributed by atoms with Crippen molar-refractivity contribution < 1.29 is 34.8 Å². The zero-order valence-electron chi connectivity index (χ0n) is 12.1. The van der Waals surface area contributed by atoms with Crippen LogP contribution in [0, 0.1) is 0 Å². The van der Waals surface area contributed by atoms with Crippen LogP contribution in [0.25, 0.3) is 4.91 Å². The van der Waals surface area contributed by atoms with E-state index in [9.17, 15) is 34.8 Å². The molecule has 0 spiro atoms. The second-order valence-corrected chi connectivity index (χ2v) is 9.83. The molecule has 1 atom stereocenters. The van der Waals surface area contributed by atoms with Crippen molar-refractivity contribution in [2.45, 2.75) is 22.5 Å². The van der Waals surface area contributed by atoms with Crippen molar-refractivity contribution in [1.29, 1.82) is 0 Å². The van der Waals surface area contributed by atoms with Gasteiger partial charge in [0.25, 0.3) is 0 Å². The van der Waals surface area contributed by atoms with E-state index in [1.165, 1.54) is 6.26 Å². The van der Waals surface area contributed by atoms with Gasteiger partial charge < -0.3 is 0 Å². The van der Waals surface area contributed by atoms with Crippen LogP contribution in [-0.4, -0.2) is 38.1 Å². The minimum atomic E-state index is -4.94. The van der Waals surface area contributed by atoms with Gasteiger partial charge in [0, 0.05) is 27.2 Å². The molecular formula is C12H10F6O2S4. The summed E-state index contributed by atoms with van der Waals surface area (Å²) in [7, 11) is -4.04. The van der Waals surface area contributed by atoms with E-state index >= 15 is 0 Å². The molecule has 0 bridgehead atoms. The molecule has 1 aromatic heterocycles. The fourth-order valence-corrected chi connectivity index (χ4v) is 7.74. The van der Waals surface area contributed by atoms with Gasteiger partial charge in [-0.15, -0.1) is 34.9 Å². The summed E-state index contributed by atoms with van der Waals surface area (Å²) < 4.78 is 102. The van der Waals surface area contributed by atoms with E-state index in [2.05, 4.69) is 0 Å². The monoisotopic (exact) mass is 428 g/mol. The third-order valence-corrected chi connectivity index (χ3v) is 8.18. The molecule has 0 amide bonds. The van der Waals surface area contributed by atoms with E-state index in [0.29, 0.717) is 41.1 Å². The average Bonchev–Trinajstić information content (AvgIpc) is 2.99. The quantitative estimate of drug-likeness (QED) is 0.506. The van der Waals surface area contributed by atoms with Crippen molar-refractivity contribution in [2.75, 3.05) is 18.3 Å². The van der Waals surface area contributed by atoms with Gasteiger partial charge in [0.1, 0.15) is 5.25 Å². The van der Waals surface area contributed by atoms with Crippen molar-refractivity contribution in [3.63, 3.8) is 0 Å². The number of hydrogen-bond acceptors (Lipinski definition) is 5. The first-order valence-corrected chi connectivity index (χ1v) is 11.2. The standard InChI is InChI=1S/C12H10F6O2S4/c1-21-8-5(11(13,14)15)3-22-10(8)9-7(12(16,17)18)6(4-23-9)24(2,19)20/h3,6H,4H2,1-2H3. The molecule has 0 fully saturated rings. The lowest BCUT2D eigenvalue weighted by Gasteiger charge is -2.16. The van der Waals surface area contributed by atoms with Crippen LogP contribution >= 0.6 is 34.9 Å². The minimum absolute atomic E-state index is 0.182. The molecule has 2 nitrogen and oxygen atoms in total. The van der Waals surface area contributed by atoms with Gasteiger partial charge in [-0.3, -0.25) is 0 Å². The van der Waals surface area contributed by atoms with Crippen molar-refractivity contribution >= 4 is 49.6 Å². The molecule has 12 heteroatoms. The van der Waals surface area contributed by atoms with E-state index < -0.39 is 43.5 Å². The van der Waals surface area contributed by atoms with Gasteiger partial charge in [-0.1, -0.05) is 0 Å². The van der Waals surface area contributed by atoms with Gasteiger partial charge in [0.05, 0.1) is 16.0 Å². The van der Waals surface area contributed by atoms with E-state index in [0.717, 1.165) is 5.38 Å². The van der Waals surface area contributed by atoms with Crippen LogP contribution in [0.1, 0.15) is 10.4 Å². The van der Waals surface area contributed by atoms with Crippen LogP contribution < -0.4 is 0 Å². The molecule has 1 aliphatic heterocycles. The fourth-order valence-electron chi connectivity index (χ4n) is 2.21. The molecular weight excluding hydrogens is 418 g/mol. The Morgan fingerprint density at radius 1 is 1.17 bits per heavy atom. The highest BCUT2D eigenvalue weighted by molar-refractivity contribution is 8.10. The summed E-state index contributed by atoms with van der Waals surface area (Å²) >= 11 is 1.86. The molecule has 0 N–H and O–H groups in total. The van der Waals surface area contributed by atoms with Crippen molar-refractivity contribution in [2.24, 2.45) is 0 Å². The van der Waals surface area contributed by atoms with Crippen LogP contribution in [0.5, 0.6) is 0 Å². The van der Waals surface area contributed by atoms with Crippen LogP contribution in [0.3, 0.4) is 0 Å². The molecule has 0 aromatic carbocycles. The molecule has 0 aliphatic carbocycles. The highest BCUT2D eigenvalue weighted by Crippen LogP contribution is 2.53. The maximum absolute atomic E-state index is 13.4. The Kier molecular flexibility index (Phi) is 5.36. The topological polar surface area (TPSA) is 34.1 Å². The Morgan fingerprint density at radius 3 is 2.17 bits per heavy atom. The molecule has 1 unspecified atom stereocenters. The molecule has 1 aromatic rings. The highest BCUT2D eigenvalue weighted by atomic mass is 32.2. The summed E-state index contributed by atoms with van der Waals surface area (Å²) in [5, 5.41) is -1.01. The Balaban J connectivity index is 2.72. The summed E-state index contributed by atoms with van der Waals surface area (Å²) in [6.45, 7) is 0. The number of hydrogen-bond donors (Lipinski definition) is 0. The minimum Gasteiger partial charge on any atom is -0.228 e. The predicted molar refractivity (Wildman–Crippen MR) is 85.2 cm³/mol. The normalized spacial score (nSPS) is 20.1. The molecule has 1 aliphatic rings. The van der Waals surface area contributed by atoms with Crippen LogP contribution in [0.2, 0.25) is 0 Å². The van der Waals surface area contributed by atoms with Crippen molar-refractivity contribution in [3.05, 3.63) is 21.4 Å². The number of thioether (sulfide) groups is 2. The molecule has 0 saturated heterocycles. The summed E-state index contributed by atoms with van der Waals surface area (Å²) in [6.07, 6.45) is -7.60. The number of alkyl halides is 6. The first-order valence-electron chi connectivity index (χ1n) is 6.14. The van der Waals surface area contributed by atoms with Gasteiger partial charge in [-0.2, -0.15) is 26.3 Å². The Labute approximate surface area is 146 Å². The third kappa shape index (κ3) is 3.75. The van der Waals surface area contributed by atoms with Crippen molar-refractivity contribution in [1.82, 2.24) is 0 Å². The summed E-state index contributed by atoms with van der Waals surface area (Å²) in [6, 6.07) is 0. The molecule has 0 saturated carbocycles. The van der Waals surface area contributed by atoms with Gasteiger partial charge in [0.2, 0.25) is 0 Å². The van der Waals surface area contributed by atoms with E-state index in [4.69, 9.17) is 0 Å². The highest BCUT2D eigenvalue weighted by Gasteiger charge is 2.50. The zero-order valence-corrected chi connectivity index (χ0v) is 15.3. The van der Waals surface area contributed by atoms with Crippen LogP contribution in [-0.2, 0) is 16.0 Å². The lowest BCUT2D eigenvalue weighted by atomic mass is 10.1. The maximum atomic E-state index is 13.4. The summed E-state index contributed by atoms with van der Waals surface area (Å²) in [5.74, 6) is -0.365. The molecule has 136 valence electrons. The van der Waals surface area contributed by atoms with Crippen LogP contribution in [0.4, 0.5) is 26.3 Å². The van der Waals surface area contributed by atoms with Gasteiger partial charge in [-0.05, 0) is 6.26 Å². The zero-order chi connectivity index (χ0) is 18.5. The molecule has 24 heavy (non-hydrogen) atoms. The van der Waals surface area contributed by atoms with E-state index in [-0.39, 0.29) is 15.5 Å². The number of sulfone groups is 1. The number of thiophene rings is 1.